The van der Waals surface area contributed by atoms with E-state index in [-0.39, 0.29) is 30.5 Å². The van der Waals surface area contributed by atoms with E-state index in [1.54, 1.807) is 4.90 Å². The largest absolute Gasteiger partial charge is 0.417 e. The van der Waals surface area contributed by atoms with Crippen LogP contribution in [0, 0.1) is 25.2 Å². The maximum atomic E-state index is 13.6. The number of carbonyl (C=O) groups is 1. The summed E-state index contributed by atoms with van der Waals surface area (Å²) in [5.41, 5.74) is 2.14. The Hall–Kier alpha value is -2.57. The summed E-state index contributed by atoms with van der Waals surface area (Å²) in [4.78, 5) is 19.5. The highest BCUT2D eigenvalue weighted by Crippen LogP contribution is 2.54. The molecule has 1 fully saturated rings. The molecule has 7 heteroatoms. The molecule has 158 valence electrons. The number of allylic oxidation sites excluding steroid dienone is 1. The summed E-state index contributed by atoms with van der Waals surface area (Å²) in [6, 6.07) is 5.39. The van der Waals surface area contributed by atoms with Crippen LogP contribution in [-0.4, -0.2) is 26.4 Å². The zero-order chi connectivity index (χ0) is 21.4. The second-order valence-corrected chi connectivity index (χ2v) is 8.98. The van der Waals surface area contributed by atoms with Crippen LogP contribution in [0.15, 0.2) is 36.5 Å². The van der Waals surface area contributed by atoms with Gasteiger partial charge in [0.15, 0.2) is 0 Å². The summed E-state index contributed by atoms with van der Waals surface area (Å²) >= 11 is 0. The summed E-state index contributed by atoms with van der Waals surface area (Å²) in [6.07, 6.45) is 1.85. The first-order valence-electron chi connectivity index (χ1n) is 10.3. The Balaban J connectivity index is 1.46. The average Bonchev–Trinajstić information content (AvgIpc) is 3.33. The monoisotopic (exact) mass is 415 g/mol. The van der Waals surface area contributed by atoms with E-state index < -0.39 is 17.2 Å². The number of halogens is 3. The number of amides is 1. The van der Waals surface area contributed by atoms with Crippen LogP contribution in [0.3, 0.4) is 0 Å². The van der Waals surface area contributed by atoms with Gasteiger partial charge < -0.3 is 9.47 Å². The highest BCUT2D eigenvalue weighted by molar-refractivity contribution is 5.89. The molecule has 2 aliphatic heterocycles. The molecule has 1 spiro atoms. The molecule has 0 bridgehead atoms. The Morgan fingerprint density at radius 1 is 1.20 bits per heavy atom. The number of aromatic nitrogens is 2. The summed E-state index contributed by atoms with van der Waals surface area (Å²) in [5, 5.41) is 0. The van der Waals surface area contributed by atoms with Crippen LogP contribution in [0.2, 0.25) is 0 Å². The predicted octanol–water partition coefficient (Wildman–Crippen LogP) is 4.61. The number of alkyl halides is 3. The van der Waals surface area contributed by atoms with E-state index in [4.69, 9.17) is 0 Å². The molecule has 1 saturated heterocycles. The van der Waals surface area contributed by atoms with E-state index in [9.17, 15) is 18.0 Å². The zero-order valence-corrected chi connectivity index (χ0v) is 17.2. The fourth-order valence-corrected chi connectivity index (χ4v) is 5.74. The van der Waals surface area contributed by atoms with Crippen LogP contribution in [0.4, 0.5) is 13.2 Å². The van der Waals surface area contributed by atoms with Gasteiger partial charge >= 0.3 is 6.18 Å². The summed E-state index contributed by atoms with van der Waals surface area (Å²) in [5.74, 6) is 0.101. The number of hydrogen-bond acceptors (Lipinski definition) is 2. The second kappa shape index (κ2) is 6.22. The van der Waals surface area contributed by atoms with Crippen molar-refractivity contribution < 1.29 is 18.0 Å². The minimum atomic E-state index is -4.43. The van der Waals surface area contributed by atoms with Crippen LogP contribution >= 0.6 is 0 Å². The number of fused-ring (bicyclic) bond motifs is 2. The van der Waals surface area contributed by atoms with Gasteiger partial charge in [-0.25, -0.2) is 0 Å². The molecule has 4 atom stereocenters. The molecule has 0 N–H and O–H groups in total. The third-order valence-electron chi connectivity index (χ3n) is 7.40. The Labute approximate surface area is 173 Å². The molecule has 2 aromatic heterocycles. The summed E-state index contributed by atoms with van der Waals surface area (Å²) in [6.45, 7) is 6.42. The molecule has 1 aliphatic carbocycles. The molecule has 0 aromatic carbocycles. The highest BCUT2D eigenvalue weighted by Gasteiger charge is 2.59. The van der Waals surface area contributed by atoms with Gasteiger partial charge in [0.25, 0.3) is 0 Å². The van der Waals surface area contributed by atoms with Crippen LogP contribution in [0.5, 0.6) is 0 Å². The van der Waals surface area contributed by atoms with E-state index in [1.807, 2.05) is 0 Å². The van der Waals surface area contributed by atoms with Gasteiger partial charge in [0, 0.05) is 42.3 Å². The maximum Gasteiger partial charge on any atom is 0.417 e. The number of aryl methyl sites for hydroxylation is 2. The van der Waals surface area contributed by atoms with Gasteiger partial charge in [0.1, 0.15) is 0 Å². The Morgan fingerprint density at radius 3 is 2.57 bits per heavy atom. The molecule has 3 aliphatic rings. The number of hydrogen-bond donors (Lipinski definition) is 0. The lowest BCUT2D eigenvalue weighted by Crippen LogP contribution is -2.40. The molecule has 30 heavy (non-hydrogen) atoms. The summed E-state index contributed by atoms with van der Waals surface area (Å²) in [7, 11) is 0. The number of carbonyl (C=O) groups excluding carboxylic acids is 1. The van der Waals surface area contributed by atoms with E-state index in [1.165, 1.54) is 0 Å². The first kappa shape index (κ1) is 19.4. The van der Waals surface area contributed by atoms with Crippen molar-refractivity contribution >= 4 is 5.91 Å². The van der Waals surface area contributed by atoms with E-state index >= 15 is 0 Å². The SMILES string of the molecule is Cc1ccc(C)n1[C@@H]1C=C[C@@]2(C1)C(=O)N1Cc3cc(C(F)(F)F)cnc3CC1C2C. The second-order valence-electron chi connectivity index (χ2n) is 8.98. The van der Waals surface area contributed by atoms with Crippen LogP contribution in [0.25, 0.3) is 0 Å². The predicted molar refractivity (Wildman–Crippen MR) is 106 cm³/mol. The fraction of sp³-hybridized carbons (Fsp3) is 0.478. The zero-order valence-electron chi connectivity index (χ0n) is 17.2. The molecule has 2 aromatic rings. The van der Waals surface area contributed by atoms with Crippen molar-refractivity contribution in [3.05, 3.63) is 64.8 Å². The molecule has 1 amide bonds. The van der Waals surface area contributed by atoms with Gasteiger partial charge in [0.2, 0.25) is 5.91 Å². The first-order valence-corrected chi connectivity index (χ1v) is 10.3. The fourth-order valence-electron chi connectivity index (χ4n) is 5.74. The topological polar surface area (TPSA) is 38.1 Å². The van der Waals surface area contributed by atoms with Crippen LogP contribution < -0.4 is 0 Å². The molecule has 2 unspecified atom stereocenters. The van der Waals surface area contributed by atoms with Crippen molar-refractivity contribution in [2.24, 2.45) is 11.3 Å². The minimum Gasteiger partial charge on any atom is -0.342 e. The molecule has 5 rings (SSSR count). The van der Waals surface area contributed by atoms with Crippen molar-refractivity contribution in [2.75, 3.05) is 0 Å². The lowest BCUT2D eigenvalue weighted by Gasteiger charge is -2.33. The molecular weight excluding hydrogens is 391 g/mol. The van der Waals surface area contributed by atoms with Crippen molar-refractivity contribution in [2.45, 2.75) is 58.4 Å². The smallest absolute Gasteiger partial charge is 0.342 e. The van der Waals surface area contributed by atoms with Crippen molar-refractivity contribution in [3.63, 3.8) is 0 Å². The van der Waals surface area contributed by atoms with Gasteiger partial charge in [-0.15, -0.1) is 0 Å². The normalized spacial score (nSPS) is 30.3. The van der Waals surface area contributed by atoms with Crippen LogP contribution in [-0.2, 0) is 23.9 Å². The van der Waals surface area contributed by atoms with Gasteiger partial charge in [-0.1, -0.05) is 19.1 Å². The Bertz CT molecular complexity index is 1050. The number of pyridine rings is 1. The van der Waals surface area contributed by atoms with E-state index in [0.29, 0.717) is 24.1 Å². The van der Waals surface area contributed by atoms with Crippen molar-refractivity contribution in [1.29, 1.82) is 0 Å². The third kappa shape index (κ3) is 2.60. The highest BCUT2D eigenvalue weighted by atomic mass is 19.4. The third-order valence-corrected chi connectivity index (χ3v) is 7.40. The Kier molecular flexibility index (Phi) is 4.02. The van der Waals surface area contributed by atoms with Crippen molar-refractivity contribution in [3.8, 4) is 0 Å². The first-order chi connectivity index (χ1) is 14.1. The lowest BCUT2D eigenvalue weighted by atomic mass is 9.74. The molecule has 4 heterocycles. The maximum absolute atomic E-state index is 13.6. The van der Waals surface area contributed by atoms with Gasteiger partial charge in [-0.3, -0.25) is 9.78 Å². The van der Waals surface area contributed by atoms with Gasteiger partial charge in [-0.05, 0) is 49.9 Å². The van der Waals surface area contributed by atoms with E-state index in [0.717, 1.165) is 23.7 Å². The number of nitrogens with zero attached hydrogens (tertiary/aromatic N) is 3. The lowest BCUT2D eigenvalue weighted by molar-refractivity contribution is -0.137. The molecule has 4 nitrogen and oxygen atoms in total. The molecule has 0 radical (unpaired) electrons. The quantitative estimate of drug-likeness (QED) is 0.638. The van der Waals surface area contributed by atoms with Crippen LogP contribution in [0.1, 0.15) is 47.6 Å². The van der Waals surface area contributed by atoms with Gasteiger partial charge in [0.05, 0.1) is 17.0 Å². The van der Waals surface area contributed by atoms with E-state index in [2.05, 4.69) is 54.6 Å². The summed E-state index contributed by atoms with van der Waals surface area (Å²) < 4.78 is 41.6. The average molecular weight is 415 g/mol. The Morgan fingerprint density at radius 2 is 1.90 bits per heavy atom. The van der Waals surface area contributed by atoms with Gasteiger partial charge in [-0.2, -0.15) is 13.2 Å². The molecule has 0 saturated carbocycles. The molecular formula is C23H24F3N3O. The standard InChI is InChI=1S/C23H24F3N3O/c1-13-4-5-14(2)29(13)18-6-7-22(10-18)15(3)20-9-19-16(12-28(20)21(22)30)8-17(11-27-19)23(24,25)26/h4-8,11,15,18,20H,9-10,12H2,1-3H3/t15?,18-,20?,22+/m1/s1. The minimum absolute atomic E-state index is 0.0317. The number of rotatable bonds is 1. The van der Waals surface area contributed by atoms with Crippen molar-refractivity contribution in [1.82, 2.24) is 14.5 Å².